The van der Waals surface area contributed by atoms with Crippen molar-refractivity contribution in [2.75, 3.05) is 19.6 Å². The number of likely N-dealkylation sites (tertiary alicyclic amines) is 1. The summed E-state index contributed by atoms with van der Waals surface area (Å²) in [6.45, 7) is 7.76. The van der Waals surface area contributed by atoms with Crippen LogP contribution in [0.25, 0.3) is 0 Å². The number of hydrogen-bond donors (Lipinski definition) is 0. The van der Waals surface area contributed by atoms with Crippen LogP contribution in [0, 0.1) is 12.8 Å². The molecule has 1 aliphatic carbocycles. The highest BCUT2D eigenvalue weighted by Gasteiger charge is 2.37. The minimum Gasteiger partial charge on any atom is -0.340 e. The normalized spacial score (nSPS) is 22.5. The Morgan fingerprint density at radius 3 is 2.32 bits per heavy atom. The molecule has 2 unspecified atom stereocenters. The van der Waals surface area contributed by atoms with Crippen LogP contribution in [-0.2, 0) is 11.3 Å². The third kappa shape index (κ3) is 5.70. The SMILES string of the molecule is CC(=O)N(CC1CN(Cc2ccc(Cl)cc2)CC1c1ccc(C)cc1)C1CCCCC1. The molecule has 2 fully saturated rings. The molecule has 0 spiro atoms. The van der Waals surface area contributed by atoms with Crippen LogP contribution in [0.2, 0.25) is 5.02 Å². The Hall–Kier alpha value is -1.84. The number of carbonyl (C=O) groups is 1. The summed E-state index contributed by atoms with van der Waals surface area (Å²) in [5.41, 5.74) is 3.99. The lowest BCUT2D eigenvalue weighted by Gasteiger charge is -2.36. The highest BCUT2D eigenvalue weighted by molar-refractivity contribution is 6.30. The third-order valence-corrected chi connectivity index (χ3v) is 7.44. The molecule has 1 heterocycles. The first-order valence-corrected chi connectivity index (χ1v) is 12.2. The quantitative estimate of drug-likeness (QED) is 0.548. The predicted molar refractivity (Wildman–Crippen MR) is 128 cm³/mol. The van der Waals surface area contributed by atoms with Gasteiger partial charge in [0.15, 0.2) is 0 Å². The first kappa shape index (κ1) is 22.4. The van der Waals surface area contributed by atoms with Crippen LogP contribution in [0.15, 0.2) is 48.5 Å². The van der Waals surface area contributed by atoms with E-state index in [2.05, 4.69) is 53.1 Å². The second kappa shape index (κ2) is 10.2. The second-order valence-corrected chi connectivity index (χ2v) is 10.00. The molecule has 166 valence electrons. The zero-order chi connectivity index (χ0) is 21.8. The molecular formula is C27H35ClN2O. The summed E-state index contributed by atoms with van der Waals surface area (Å²) >= 11 is 6.08. The molecule has 1 aliphatic heterocycles. The van der Waals surface area contributed by atoms with Crippen LogP contribution in [0.5, 0.6) is 0 Å². The number of carbonyl (C=O) groups excluding carboxylic acids is 1. The molecule has 4 rings (SSSR count). The van der Waals surface area contributed by atoms with Crippen molar-refractivity contribution in [3.05, 3.63) is 70.2 Å². The van der Waals surface area contributed by atoms with E-state index in [0.717, 1.165) is 44.0 Å². The summed E-state index contributed by atoms with van der Waals surface area (Å²) in [6, 6.07) is 17.6. The lowest BCUT2D eigenvalue weighted by atomic mass is 9.87. The first-order chi connectivity index (χ1) is 15.0. The third-order valence-electron chi connectivity index (χ3n) is 7.19. The Morgan fingerprint density at radius 2 is 1.68 bits per heavy atom. The molecular weight excluding hydrogens is 404 g/mol. The minimum absolute atomic E-state index is 0.241. The lowest BCUT2D eigenvalue weighted by Crippen LogP contribution is -2.44. The zero-order valence-corrected chi connectivity index (χ0v) is 19.7. The first-order valence-electron chi connectivity index (χ1n) is 11.8. The van der Waals surface area contributed by atoms with Crippen molar-refractivity contribution < 1.29 is 4.79 Å². The van der Waals surface area contributed by atoms with Crippen LogP contribution in [0.4, 0.5) is 0 Å². The number of rotatable bonds is 6. The van der Waals surface area contributed by atoms with Crippen LogP contribution >= 0.6 is 11.6 Å². The van der Waals surface area contributed by atoms with Gasteiger partial charge in [0, 0.05) is 50.1 Å². The Bertz CT molecular complexity index is 858. The highest BCUT2D eigenvalue weighted by Crippen LogP contribution is 2.36. The zero-order valence-electron chi connectivity index (χ0n) is 18.9. The number of benzene rings is 2. The molecule has 31 heavy (non-hydrogen) atoms. The standard InChI is InChI=1S/C27H35ClN2O/c1-20-8-12-23(13-9-20)27-19-29(16-22-10-14-25(28)15-11-22)17-24(27)18-30(21(2)31)26-6-4-3-5-7-26/h8-15,24,26-27H,3-7,16-19H2,1-2H3. The van der Waals surface area contributed by atoms with Crippen molar-refractivity contribution in [1.29, 1.82) is 0 Å². The maximum absolute atomic E-state index is 12.6. The fraction of sp³-hybridized carbons (Fsp3) is 0.519. The average molecular weight is 439 g/mol. The monoisotopic (exact) mass is 438 g/mol. The van der Waals surface area contributed by atoms with Gasteiger partial charge >= 0.3 is 0 Å². The van der Waals surface area contributed by atoms with Crippen LogP contribution < -0.4 is 0 Å². The molecule has 2 aromatic rings. The van der Waals surface area contributed by atoms with Gasteiger partial charge in [-0.2, -0.15) is 0 Å². The number of halogens is 1. The maximum atomic E-state index is 12.6. The summed E-state index contributed by atoms with van der Waals surface area (Å²) < 4.78 is 0. The van der Waals surface area contributed by atoms with E-state index in [0.29, 0.717) is 17.9 Å². The number of hydrogen-bond acceptors (Lipinski definition) is 2. The van der Waals surface area contributed by atoms with E-state index in [4.69, 9.17) is 11.6 Å². The van der Waals surface area contributed by atoms with E-state index in [1.54, 1.807) is 6.92 Å². The Balaban J connectivity index is 1.53. The predicted octanol–water partition coefficient (Wildman–Crippen LogP) is 6.05. The molecule has 0 radical (unpaired) electrons. The van der Waals surface area contributed by atoms with Crippen molar-refractivity contribution in [1.82, 2.24) is 9.80 Å². The summed E-state index contributed by atoms with van der Waals surface area (Å²) in [5.74, 6) is 1.16. The van der Waals surface area contributed by atoms with Gasteiger partial charge in [0.2, 0.25) is 5.91 Å². The van der Waals surface area contributed by atoms with Gasteiger partial charge in [-0.3, -0.25) is 9.69 Å². The van der Waals surface area contributed by atoms with Crippen LogP contribution in [-0.4, -0.2) is 41.4 Å². The molecule has 2 atom stereocenters. The molecule has 2 aliphatic rings. The molecule has 1 amide bonds. The van der Waals surface area contributed by atoms with E-state index in [1.165, 1.54) is 36.0 Å². The molecule has 3 nitrogen and oxygen atoms in total. The number of nitrogens with zero attached hydrogens (tertiary/aromatic N) is 2. The van der Waals surface area contributed by atoms with E-state index >= 15 is 0 Å². The summed E-state index contributed by atoms with van der Waals surface area (Å²) in [5, 5.41) is 0.783. The van der Waals surface area contributed by atoms with Crippen molar-refractivity contribution in [3.63, 3.8) is 0 Å². The smallest absolute Gasteiger partial charge is 0.219 e. The van der Waals surface area contributed by atoms with Gasteiger partial charge in [0.1, 0.15) is 0 Å². The van der Waals surface area contributed by atoms with Crippen molar-refractivity contribution in [3.8, 4) is 0 Å². The molecule has 0 aromatic heterocycles. The topological polar surface area (TPSA) is 23.6 Å². The maximum Gasteiger partial charge on any atom is 0.219 e. The summed E-state index contributed by atoms with van der Waals surface area (Å²) in [7, 11) is 0. The molecule has 0 bridgehead atoms. The van der Waals surface area contributed by atoms with Gasteiger partial charge in [-0.05, 0) is 48.9 Å². The highest BCUT2D eigenvalue weighted by atomic mass is 35.5. The van der Waals surface area contributed by atoms with Gasteiger partial charge in [-0.25, -0.2) is 0 Å². The Kier molecular flexibility index (Phi) is 7.35. The molecule has 1 saturated heterocycles. The van der Waals surface area contributed by atoms with E-state index < -0.39 is 0 Å². The molecule has 1 saturated carbocycles. The van der Waals surface area contributed by atoms with Gasteiger partial charge in [-0.1, -0.05) is 72.8 Å². The fourth-order valence-electron chi connectivity index (χ4n) is 5.49. The molecule has 2 aromatic carbocycles. The molecule has 4 heteroatoms. The number of aryl methyl sites for hydroxylation is 1. The average Bonchev–Trinajstić information content (AvgIpc) is 3.17. The summed E-state index contributed by atoms with van der Waals surface area (Å²) in [4.78, 5) is 17.4. The van der Waals surface area contributed by atoms with Gasteiger partial charge in [0.25, 0.3) is 0 Å². The lowest BCUT2D eigenvalue weighted by molar-refractivity contribution is -0.132. The van der Waals surface area contributed by atoms with Gasteiger partial charge in [-0.15, -0.1) is 0 Å². The van der Waals surface area contributed by atoms with Crippen molar-refractivity contribution in [2.45, 2.75) is 64.5 Å². The Morgan fingerprint density at radius 1 is 1.00 bits per heavy atom. The van der Waals surface area contributed by atoms with Crippen LogP contribution in [0.1, 0.15) is 61.6 Å². The number of amides is 1. The van der Waals surface area contributed by atoms with Crippen LogP contribution in [0.3, 0.4) is 0 Å². The fourth-order valence-corrected chi connectivity index (χ4v) is 5.62. The van der Waals surface area contributed by atoms with E-state index in [1.807, 2.05) is 12.1 Å². The second-order valence-electron chi connectivity index (χ2n) is 9.56. The van der Waals surface area contributed by atoms with E-state index in [9.17, 15) is 4.79 Å². The Labute approximate surface area is 192 Å². The van der Waals surface area contributed by atoms with Crippen molar-refractivity contribution >= 4 is 17.5 Å². The minimum atomic E-state index is 0.241. The largest absolute Gasteiger partial charge is 0.340 e. The van der Waals surface area contributed by atoms with E-state index in [-0.39, 0.29) is 5.91 Å². The van der Waals surface area contributed by atoms with Gasteiger partial charge in [0.05, 0.1) is 0 Å². The van der Waals surface area contributed by atoms with Crippen molar-refractivity contribution in [2.24, 2.45) is 5.92 Å². The van der Waals surface area contributed by atoms with Gasteiger partial charge < -0.3 is 4.90 Å². The summed E-state index contributed by atoms with van der Waals surface area (Å²) in [6.07, 6.45) is 6.14. The molecule has 0 N–H and O–H groups in total.